The number of amides is 2. The molecular weight excluding hydrogens is 168 g/mol. The molecule has 0 bridgehead atoms. The maximum absolute atomic E-state index is 11.4. The van der Waals surface area contributed by atoms with Gasteiger partial charge in [0.05, 0.1) is 11.6 Å². The maximum Gasteiger partial charge on any atom is 0.317 e. The molecule has 1 rings (SSSR count). The van der Waals surface area contributed by atoms with Gasteiger partial charge >= 0.3 is 6.03 Å². The molecule has 13 heavy (non-hydrogen) atoms. The van der Waals surface area contributed by atoms with Gasteiger partial charge in [0, 0.05) is 20.7 Å². The number of carbonyl (C=O) groups excluding carboxylic acids is 1. The van der Waals surface area contributed by atoms with Crippen molar-refractivity contribution in [3.8, 4) is 0 Å². The van der Waals surface area contributed by atoms with Crippen LogP contribution in [-0.2, 0) is 4.74 Å². The van der Waals surface area contributed by atoms with E-state index in [1.54, 1.807) is 14.1 Å². The number of rotatable bonds is 1. The van der Waals surface area contributed by atoms with E-state index in [4.69, 9.17) is 4.74 Å². The van der Waals surface area contributed by atoms with E-state index in [9.17, 15) is 4.79 Å². The molecule has 0 aliphatic carbocycles. The quantitative estimate of drug-likeness (QED) is 0.659. The highest BCUT2D eigenvalue weighted by Crippen LogP contribution is 2.24. The standard InChI is InChI=1S/C9H18N2O2/c1-7-9(2,5-6-13-7)10-8(12)11(3)4/h7H,5-6H2,1-4H3,(H,10,12). The summed E-state index contributed by atoms with van der Waals surface area (Å²) < 4.78 is 5.42. The van der Waals surface area contributed by atoms with Crippen molar-refractivity contribution in [2.45, 2.75) is 31.9 Å². The SMILES string of the molecule is CC1OCCC1(C)NC(=O)N(C)C. The summed E-state index contributed by atoms with van der Waals surface area (Å²) in [6, 6.07) is -0.0557. The molecule has 0 radical (unpaired) electrons. The van der Waals surface area contributed by atoms with Crippen LogP contribution in [0.4, 0.5) is 4.79 Å². The zero-order valence-electron chi connectivity index (χ0n) is 8.76. The van der Waals surface area contributed by atoms with Crippen molar-refractivity contribution in [3.63, 3.8) is 0 Å². The van der Waals surface area contributed by atoms with Crippen molar-refractivity contribution in [2.75, 3.05) is 20.7 Å². The lowest BCUT2D eigenvalue weighted by molar-refractivity contribution is 0.0893. The van der Waals surface area contributed by atoms with Crippen LogP contribution in [0.25, 0.3) is 0 Å². The van der Waals surface area contributed by atoms with Crippen molar-refractivity contribution in [2.24, 2.45) is 0 Å². The molecular formula is C9H18N2O2. The van der Waals surface area contributed by atoms with Crippen molar-refractivity contribution >= 4 is 6.03 Å². The summed E-state index contributed by atoms with van der Waals surface area (Å²) in [5.41, 5.74) is -0.207. The maximum atomic E-state index is 11.4. The van der Waals surface area contributed by atoms with Crippen LogP contribution in [0.5, 0.6) is 0 Å². The third-order valence-corrected chi connectivity index (χ3v) is 2.69. The van der Waals surface area contributed by atoms with Gasteiger partial charge in [-0.15, -0.1) is 0 Å². The molecule has 1 aliphatic heterocycles. The van der Waals surface area contributed by atoms with Gasteiger partial charge in [-0.25, -0.2) is 4.79 Å². The average Bonchev–Trinajstić information content (AvgIpc) is 2.32. The van der Waals surface area contributed by atoms with Gasteiger partial charge in [0.2, 0.25) is 0 Å². The highest BCUT2D eigenvalue weighted by Gasteiger charge is 2.38. The Bertz CT molecular complexity index is 206. The Morgan fingerprint density at radius 2 is 2.23 bits per heavy atom. The highest BCUT2D eigenvalue weighted by molar-refractivity contribution is 5.74. The first kappa shape index (κ1) is 10.3. The van der Waals surface area contributed by atoms with Gasteiger partial charge in [0.15, 0.2) is 0 Å². The molecule has 2 atom stereocenters. The van der Waals surface area contributed by atoms with Crippen LogP contribution in [0.1, 0.15) is 20.3 Å². The van der Waals surface area contributed by atoms with Gasteiger partial charge in [-0.1, -0.05) is 0 Å². The molecule has 76 valence electrons. The Morgan fingerprint density at radius 1 is 1.62 bits per heavy atom. The zero-order chi connectivity index (χ0) is 10.1. The number of hydrogen-bond donors (Lipinski definition) is 1. The Morgan fingerprint density at radius 3 is 2.62 bits per heavy atom. The fraction of sp³-hybridized carbons (Fsp3) is 0.889. The highest BCUT2D eigenvalue weighted by atomic mass is 16.5. The molecule has 1 aliphatic rings. The number of urea groups is 1. The number of hydrogen-bond acceptors (Lipinski definition) is 2. The Kier molecular flexibility index (Phi) is 2.81. The summed E-state index contributed by atoms with van der Waals surface area (Å²) in [6.07, 6.45) is 0.977. The first-order chi connectivity index (χ1) is 5.96. The average molecular weight is 186 g/mol. The summed E-state index contributed by atoms with van der Waals surface area (Å²) in [4.78, 5) is 12.9. The molecule has 2 amide bonds. The third kappa shape index (κ3) is 2.12. The summed E-state index contributed by atoms with van der Waals surface area (Å²) in [6.45, 7) is 4.74. The van der Waals surface area contributed by atoms with Crippen molar-refractivity contribution in [1.82, 2.24) is 10.2 Å². The molecule has 0 aromatic carbocycles. The minimum absolute atomic E-state index is 0.0557. The number of nitrogens with zero attached hydrogens (tertiary/aromatic N) is 1. The van der Waals surface area contributed by atoms with Gasteiger partial charge in [0.1, 0.15) is 0 Å². The van der Waals surface area contributed by atoms with E-state index in [1.165, 1.54) is 4.90 Å². The fourth-order valence-corrected chi connectivity index (χ4v) is 1.36. The monoisotopic (exact) mass is 186 g/mol. The molecule has 2 unspecified atom stereocenters. The molecule has 1 N–H and O–H groups in total. The molecule has 1 fully saturated rings. The molecule has 0 aromatic rings. The lowest BCUT2D eigenvalue weighted by atomic mass is 9.95. The van der Waals surface area contributed by atoms with E-state index in [0.717, 1.165) is 13.0 Å². The van der Waals surface area contributed by atoms with Crippen LogP contribution < -0.4 is 5.32 Å². The second-order valence-electron chi connectivity index (χ2n) is 4.01. The van der Waals surface area contributed by atoms with Crippen molar-refractivity contribution < 1.29 is 9.53 Å². The van der Waals surface area contributed by atoms with Crippen LogP contribution >= 0.6 is 0 Å². The minimum Gasteiger partial charge on any atom is -0.376 e. The molecule has 0 spiro atoms. The summed E-state index contributed by atoms with van der Waals surface area (Å²) in [7, 11) is 3.47. The van der Waals surface area contributed by atoms with Gasteiger partial charge in [-0.05, 0) is 20.3 Å². The van der Waals surface area contributed by atoms with Crippen LogP contribution in [0, 0.1) is 0 Å². The number of ether oxygens (including phenoxy) is 1. The van der Waals surface area contributed by atoms with Gasteiger partial charge in [0.25, 0.3) is 0 Å². The third-order valence-electron chi connectivity index (χ3n) is 2.69. The van der Waals surface area contributed by atoms with E-state index in [0.29, 0.717) is 0 Å². The predicted molar refractivity (Wildman–Crippen MR) is 50.7 cm³/mol. The van der Waals surface area contributed by atoms with Gasteiger partial charge in [-0.2, -0.15) is 0 Å². The van der Waals surface area contributed by atoms with E-state index >= 15 is 0 Å². The number of carbonyl (C=O) groups is 1. The second-order valence-corrected chi connectivity index (χ2v) is 4.01. The van der Waals surface area contributed by atoms with Crippen LogP contribution in [0.3, 0.4) is 0 Å². The lowest BCUT2D eigenvalue weighted by Crippen LogP contribution is -2.53. The molecule has 1 heterocycles. The van der Waals surface area contributed by atoms with E-state index in [1.807, 2.05) is 13.8 Å². The van der Waals surface area contributed by atoms with Crippen molar-refractivity contribution in [1.29, 1.82) is 0 Å². The predicted octanol–water partition coefficient (Wildman–Crippen LogP) is 0.825. The lowest BCUT2D eigenvalue weighted by Gasteiger charge is -2.30. The van der Waals surface area contributed by atoms with E-state index in [2.05, 4.69) is 5.32 Å². The first-order valence-electron chi connectivity index (χ1n) is 4.57. The molecule has 4 heteroatoms. The van der Waals surface area contributed by atoms with Gasteiger partial charge in [-0.3, -0.25) is 0 Å². The Balaban J connectivity index is 2.56. The summed E-state index contributed by atoms with van der Waals surface area (Å²) in [5.74, 6) is 0. The smallest absolute Gasteiger partial charge is 0.317 e. The molecule has 1 saturated heterocycles. The minimum atomic E-state index is -0.207. The van der Waals surface area contributed by atoms with Crippen LogP contribution in [0.2, 0.25) is 0 Å². The normalized spacial score (nSPS) is 33.1. The van der Waals surface area contributed by atoms with Crippen LogP contribution in [0.15, 0.2) is 0 Å². The molecule has 4 nitrogen and oxygen atoms in total. The largest absolute Gasteiger partial charge is 0.376 e. The van der Waals surface area contributed by atoms with E-state index < -0.39 is 0 Å². The Labute approximate surface area is 79.2 Å². The zero-order valence-corrected chi connectivity index (χ0v) is 8.76. The summed E-state index contributed by atoms with van der Waals surface area (Å²) >= 11 is 0. The van der Waals surface area contributed by atoms with E-state index in [-0.39, 0.29) is 17.7 Å². The summed E-state index contributed by atoms with van der Waals surface area (Å²) in [5, 5.41) is 2.97. The second kappa shape index (κ2) is 3.54. The fourth-order valence-electron chi connectivity index (χ4n) is 1.36. The topological polar surface area (TPSA) is 41.6 Å². The van der Waals surface area contributed by atoms with Gasteiger partial charge < -0.3 is 15.0 Å². The van der Waals surface area contributed by atoms with Crippen LogP contribution in [-0.4, -0.2) is 43.3 Å². The first-order valence-corrected chi connectivity index (χ1v) is 4.57. The Hall–Kier alpha value is -0.770. The van der Waals surface area contributed by atoms with Crippen molar-refractivity contribution in [3.05, 3.63) is 0 Å². The molecule has 0 saturated carbocycles. The molecule has 0 aromatic heterocycles. The number of nitrogens with one attached hydrogen (secondary N) is 1.